The van der Waals surface area contributed by atoms with Gasteiger partial charge in [-0.2, -0.15) is 0 Å². The molecule has 6 atom stereocenters. The molecule has 21 heavy (non-hydrogen) atoms. The predicted octanol–water partition coefficient (Wildman–Crippen LogP) is 4.87. The van der Waals surface area contributed by atoms with Crippen molar-refractivity contribution in [2.24, 2.45) is 28.6 Å². The molecule has 0 aromatic rings. The zero-order valence-electron chi connectivity index (χ0n) is 13.9. The minimum Gasteiger partial charge on any atom is -0.393 e. The molecule has 0 amide bonds. The van der Waals surface area contributed by atoms with E-state index in [1.54, 1.807) is 11.1 Å². The summed E-state index contributed by atoms with van der Waals surface area (Å²) in [5.41, 5.74) is 3.83. The van der Waals surface area contributed by atoms with E-state index in [1.807, 2.05) is 0 Å². The summed E-state index contributed by atoms with van der Waals surface area (Å²) < 4.78 is 0. The second-order valence-corrected chi connectivity index (χ2v) is 8.71. The van der Waals surface area contributed by atoms with Crippen LogP contribution in [0.2, 0.25) is 0 Å². The molecule has 0 unspecified atom stereocenters. The first-order valence-electron chi connectivity index (χ1n) is 9.02. The lowest BCUT2D eigenvalue weighted by Gasteiger charge is -2.57. The third-order valence-electron chi connectivity index (χ3n) is 7.95. The van der Waals surface area contributed by atoms with Gasteiger partial charge in [-0.15, -0.1) is 0 Å². The van der Waals surface area contributed by atoms with Gasteiger partial charge < -0.3 is 5.11 Å². The highest BCUT2D eigenvalue weighted by atomic mass is 16.3. The first-order valence-corrected chi connectivity index (χ1v) is 9.02. The predicted molar refractivity (Wildman–Crippen MR) is 86.8 cm³/mol. The summed E-state index contributed by atoms with van der Waals surface area (Å²) >= 11 is 0. The molecule has 1 N–H and O–H groups in total. The van der Waals surface area contributed by atoms with E-state index < -0.39 is 0 Å². The Bertz CT molecular complexity index is 516. The fourth-order valence-corrected chi connectivity index (χ4v) is 6.70. The Morgan fingerprint density at radius 1 is 1.05 bits per heavy atom. The fraction of sp³-hybridized carbons (Fsp3) is 0.800. The number of fused-ring (bicyclic) bond motifs is 5. The summed E-state index contributed by atoms with van der Waals surface area (Å²) in [5, 5.41) is 10.5. The van der Waals surface area contributed by atoms with Crippen molar-refractivity contribution < 1.29 is 5.11 Å². The number of rotatable bonds is 0. The van der Waals surface area contributed by atoms with Crippen molar-refractivity contribution in [2.75, 3.05) is 0 Å². The van der Waals surface area contributed by atoms with Crippen LogP contribution in [0.5, 0.6) is 0 Å². The maximum atomic E-state index is 10.5. The standard InChI is InChI=1S/C20H30O/c1-13-5-4-11-19(2)15(13)7-6-14-16-8-9-18(21)20(16,3)12-10-17(14)19/h5,7,14,16-18,21H,4,6,8-12H2,1-3H3/t14-,16-,17-,18-,19-,20-/m0/s1. The number of hydrogen-bond donors (Lipinski definition) is 1. The Kier molecular flexibility index (Phi) is 2.99. The first kappa shape index (κ1) is 14.1. The van der Waals surface area contributed by atoms with Crippen LogP contribution in [0.25, 0.3) is 0 Å². The van der Waals surface area contributed by atoms with Gasteiger partial charge in [0.25, 0.3) is 0 Å². The van der Waals surface area contributed by atoms with Crippen molar-refractivity contribution >= 4 is 0 Å². The minimum absolute atomic E-state index is 0.0466. The number of aliphatic hydroxyl groups excluding tert-OH is 1. The Morgan fingerprint density at radius 3 is 2.67 bits per heavy atom. The number of hydrogen-bond acceptors (Lipinski definition) is 1. The van der Waals surface area contributed by atoms with Gasteiger partial charge in [-0.3, -0.25) is 0 Å². The van der Waals surface area contributed by atoms with Crippen LogP contribution in [-0.2, 0) is 0 Å². The second kappa shape index (κ2) is 4.47. The molecule has 2 saturated carbocycles. The maximum Gasteiger partial charge on any atom is 0.0596 e. The molecule has 0 aliphatic heterocycles. The first-order chi connectivity index (χ1) is 9.97. The van der Waals surface area contributed by atoms with E-state index in [0.29, 0.717) is 5.41 Å². The SMILES string of the molecule is CC1=CCC[C@@]2(C)C1=CC[C@H]1[C@@H]3CC[C@H](O)[C@@]3(C)CC[C@@H]12. The van der Waals surface area contributed by atoms with Gasteiger partial charge in [-0.1, -0.05) is 31.6 Å². The fourth-order valence-electron chi connectivity index (χ4n) is 6.70. The molecule has 4 aliphatic carbocycles. The Morgan fingerprint density at radius 2 is 1.86 bits per heavy atom. The summed E-state index contributed by atoms with van der Waals surface area (Å²) in [6.45, 7) is 7.23. The largest absolute Gasteiger partial charge is 0.393 e. The van der Waals surface area contributed by atoms with E-state index in [-0.39, 0.29) is 11.5 Å². The van der Waals surface area contributed by atoms with Gasteiger partial charge >= 0.3 is 0 Å². The number of allylic oxidation sites excluding steroid dienone is 4. The maximum absolute atomic E-state index is 10.5. The molecule has 0 saturated heterocycles. The van der Waals surface area contributed by atoms with E-state index in [9.17, 15) is 5.11 Å². The summed E-state index contributed by atoms with van der Waals surface area (Å²) in [6.07, 6.45) is 13.7. The molecule has 0 bridgehead atoms. The number of aliphatic hydroxyl groups is 1. The van der Waals surface area contributed by atoms with Crippen LogP contribution in [-0.4, -0.2) is 11.2 Å². The third kappa shape index (κ3) is 1.73. The van der Waals surface area contributed by atoms with Gasteiger partial charge in [0.15, 0.2) is 0 Å². The molecule has 4 aliphatic rings. The molecule has 2 fully saturated rings. The molecule has 1 nitrogen and oxygen atoms in total. The normalized spacial score (nSPS) is 52.4. The van der Waals surface area contributed by atoms with Crippen molar-refractivity contribution in [2.45, 2.75) is 71.8 Å². The van der Waals surface area contributed by atoms with Gasteiger partial charge in [0, 0.05) is 0 Å². The third-order valence-corrected chi connectivity index (χ3v) is 7.95. The van der Waals surface area contributed by atoms with E-state index in [4.69, 9.17) is 0 Å². The highest BCUT2D eigenvalue weighted by Gasteiger charge is 2.58. The van der Waals surface area contributed by atoms with Crippen LogP contribution in [0.15, 0.2) is 23.3 Å². The molecule has 0 aromatic heterocycles. The summed E-state index contributed by atoms with van der Waals surface area (Å²) in [5.74, 6) is 2.43. The van der Waals surface area contributed by atoms with Crippen LogP contribution < -0.4 is 0 Å². The summed E-state index contributed by atoms with van der Waals surface area (Å²) in [7, 11) is 0. The highest BCUT2D eigenvalue weighted by molar-refractivity contribution is 5.40. The zero-order valence-corrected chi connectivity index (χ0v) is 13.9. The van der Waals surface area contributed by atoms with Crippen LogP contribution in [0, 0.1) is 28.6 Å². The quantitative estimate of drug-likeness (QED) is 0.674. The lowest BCUT2D eigenvalue weighted by molar-refractivity contribution is -0.0628. The van der Waals surface area contributed by atoms with Gasteiger partial charge in [0.05, 0.1) is 6.10 Å². The van der Waals surface area contributed by atoms with Crippen molar-refractivity contribution in [3.05, 3.63) is 23.3 Å². The van der Waals surface area contributed by atoms with Crippen LogP contribution >= 0.6 is 0 Å². The average Bonchev–Trinajstić information content (AvgIpc) is 2.75. The molecule has 4 rings (SSSR count). The Balaban J connectivity index is 1.73. The Hall–Kier alpha value is -0.560. The van der Waals surface area contributed by atoms with Gasteiger partial charge in [-0.25, -0.2) is 0 Å². The highest BCUT2D eigenvalue weighted by Crippen LogP contribution is 2.64. The van der Waals surface area contributed by atoms with Gasteiger partial charge in [0.1, 0.15) is 0 Å². The van der Waals surface area contributed by atoms with Crippen LogP contribution in [0.1, 0.15) is 65.7 Å². The average molecular weight is 286 g/mol. The molecule has 0 radical (unpaired) electrons. The zero-order chi connectivity index (χ0) is 14.8. The molecular formula is C20H30O. The lowest BCUT2D eigenvalue weighted by atomic mass is 9.48. The topological polar surface area (TPSA) is 20.2 Å². The molecule has 0 heterocycles. The molecule has 0 spiro atoms. The van der Waals surface area contributed by atoms with Gasteiger partial charge in [-0.05, 0) is 86.0 Å². The second-order valence-electron chi connectivity index (χ2n) is 8.71. The van der Waals surface area contributed by atoms with Crippen molar-refractivity contribution in [1.82, 2.24) is 0 Å². The lowest BCUT2D eigenvalue weighted by Crippen LogP contribution is -2.50. The summed E-state index contributed by atoms with van der Waals surface area (Å²) in [4.78, 5) is 0. The van der Waals surface area contributed by atoms with Crippen LogP contribution in [0.4, 0.5) is 0 Å². The Labute approximate surface area is 129 Å². The van der Waals surface area contributed by atoms with Crippen LogP contribution in [0.3, 0.4) is 0 Å². The molecular weight excluding hydrogens is 256 g/mol. The minimum atomic E-state index is -0.0466. The monoisotopic (exact) mass is 286 g/mol. The van der Waals surface area contributed by atoms with Crippen molar-refractivity contribution in [3.8, 4) is 0 Å². The smallest absolute Gasteiger partial charge is 0.0596 e. The van der Waals surface area contributed by atoms with Crippen molar-refractivity contribution in [1.29, 1.82) is 0 Å². The van der Waals surface area contributed by atoms with E-state index >= 15 is 0 Å². The molecule has 0 aromatic carbocycles. The summed E-state index contributed by atoms with van der Waals surface area (Å²) in [6, 6.07) is 0. The molecule has 116 valence electrons. The van der Waals surface area contributed by atoms with E-state index in [0.717, 1.165) is 24.2 Å². The van der Waals surface area contributed by atoms with Gasteiger partial charge in [0.2, 0.25) is 0 Å². The van der Waals surface area contributed by atoms with E-state index in [1.165, 1.54) is 38.5 Å². The molecule has 1 heteroatoms. The van der Waals surface area contributed by atoms with Crippen molar-refractivity contribution in [3.63, 3.8) is 0 Å². The van der Waals surface area contributed by atoms with E-state index in [2.05, 4.69) is 32.9 Å².